The minimum absolute atomic E-state index is 0.0777. The molecule has 0 saturated heterocycles. The second-order valence-corrected chi connectivity index (χ2v) is 11.0. The summed E-state index contributed by atoms with van der Waals surface area (Å²) in [5.41, 5.74) is 1.18. The van der Waals surface area contributed by atoms with Gasteiger partial charge in [-0.05, 0) is 43.0 Å². The molecule has 1 fully saturated rings. The van der Waals surface area contributed by atoms with Crippen LogP contribution in [-0.4, -0.2) is 54.6 Å². The van der Waals surface area contributed by atoms with E-state index in [-0.39, 0.29) is 42.0 Å². The molecule has 10 nitrogen and oxygen atoms in total. The largest absolute Gasteiger partial charge is 0.513 e. The Bertz CT molecular complexity index is 1610. The number of H-pyrrole nitrogens is 2. The molecule has 0 atom stereocenters. The number of pyridine rings is 1. The zero-order valence-electron chi connectivity index (χ0n) is 20.9. The molecular weight excluding hydrogens is 510 g/mol. The Hall–Kier alpha value is -3.67. The number of aromatic amines is 2. The molecule has 0 radical (unpaired) electrons. The standard InChI is InChI=1S/C27H29N3O7S/c1-2-13-36-27(32)37-23-16-28-25-24(23)21-15-20(10-11-22(21)29-26(25)31)38(33,34)30(19-8-9-19)12-14-35-17-18-6-4-3-5-7-18/h3-7,10-11,15-16,19,28H,2,8-9,12-14,17H2,1H3,(H,29,31). The molecule has 0 amide bonds. The predicted octanol–water partition coefficient (Wildman–Crippen LogP) is 4.30. The number of fused-ring (bicyclic) bond motifs is 3. The highest BCUT2D eigenvalue weighted by Crippen LogP contribution is 2.35. The second kappa shape index (κ2) is 11.0. The molecule has 11 heteroatoms. The van der Waals surface area contributed by atoms with Crippen molar-refractivity contribution in [3.05, 3.63) is 70.6 Å². The fourth-order valence-electron chi connectivity index (χ4n) is 4.34. The van der Waals surface area contributed by atoms with E-state index in [0.29, 0.717) is 29.3 Å². The zero-order chi connectivity index (χ0) is 26.7. The third-order valence-electron chi connectivity index (χ3n) is 6.33. The quantitative estimate of drug-likeness (QED) is 0.215. The van der Waals surface area contributed by atoms with Gasteiger partial charge in [-0.15, -0.1) is 0 Å². The van der Waals surface area contributed by atoms with E-state index in [1.165, 1.54) is 22.6 Å². The fourth-order valence-corrected chi connectivity index (χ4v) is 6.03. The molecule has 0 spiro atoms. The molecule has 38 heavy (non-hydrogen) atoms. The van der Waals surface area contributed by atoms with E-state index < -0.39 is 21.7 Å². The van der Waals surface area contributed by atoms with Crippen LogP contribution < -0.4 is 10.3 Å². The van der Waals surface area contributed by atoms with E-state index in [0.717, 1.165) is 18.4 Å². The number of rotatable bonds is 11. The van der Waals surface area contributed by atoms with Crippen molar-refractivity contribution in [2.24, 2.45) is 0 Å². The van der Waals surface area contributed by atoms with E-state index in [2.05, 4.69) is 9.97 Å². The van der Waals surface area contributed by atoms with Crippen LogP contribution in [0.25, 0.3) is 21.8 Å². The third kappa shape index (κ3) is 5.45. The van der Waals surface area contributed by atoms with E-state index in [4.69, 9.17) is 14.2 Å². The van der Waals surface area contributed by atoms with Gasteiger partial charge < -0.3 is 24.2 Å². The average Bonchev–Trinajstić information content (AvgIpc) is 3.66. The van der Waals surface area contributed by atoms with Crippen molar-refractivity contribution in [3.63, 3.8) is 0 Å². The molecular formula is C27H29N3O7S. The number of aromatic nitrogens is 2. The van der Waals surface area contributed by atoms with Crippen LogP contribution in [0.15, 0.2) is 64.4 Å². The lowest BCUT2D eigenvalue weighted by molar-refractivity contribution is 0.0997. The Morgan fingerprint density at radius 1 is 1.11 bits per heavy atom. The van der Waals surface area contributed by atoms with Crippen LogP contribution in [0.3, 0.4) is 0 Å². The maximum atomic E-state index is 13.7. The lowest BCUT2D eigenvalue weighted by Crippen LogP contribution is -2.36. The van der Waals surface area contributed by atoms with Crippen LogP contribution in [0.5, 0.6) is 5.75 Å². The van der Waals surface area contributed by atoms with Gasteiger partial charge in [0.25, 0.3) is 5.56 Å². The maximum Gasteiger partial charge on any atom is 0.513 e. The highest BCUT2D eigenvalue weighted by molar-refractivity contribution is 7.89. The van der Waals surface area contributed by atoms with Gasteiger partial charge in [0, 0.05) is 29.7 Å². The smallest absolute Gasteiger partial charge is 0.434 e. The summed E-state index contributed by atoms with van der Waals surface area (Å²) in [6, 6.07) is 14.1. The van der Waals surface area contributed by atoms with Crippen LogP contribution in [0, 0.1) is 0 Å². The fraction of sp³-hybridized carbons (Fsp3) is 0.333. The van der Waals surface area contributed by atoms with Crippen molar-refractivity contribution in [1.82, 2.24) is 14.3 Å². The van der Waals surface area contributed by atoms with Gasteiger partial charge in [-0.3, -0.25) is 4.79 Å². The summed E-state index contributed by atoms with van der Waals surface area (Å²) in [6.07, 6.45) is 2.69. The molecule has 2 aromatic carbocycles. The molecule has 0 unspecified atom stereocenters. The summed E-state index contributed by atoms with van der Waals surface area (Å²) in [6.45, 7) is 2.93. The van der Waals surface area contributed by atoms with Crippen molar-refractivity contribution >= 4 is 38.0 Å². The van der Waals surface area contributed by atoms with Crippen LogP contribution >= 0.6 is 0 Å². The normalized spacial score (nSPS) is 13.8. The SMILES string of the molecule is CCCOC(=O)Oc1c[nH]c2c(=O)[nH]c3ccc(S(=O)(=O)N(CCOCc4ccccc4)C4CC4)cc3c12. The molecule has 0 bridgehead atoms. The van der Waals surface area contributed by atoms with Crippen molar-refractivity contribution in [1.29, 1.82) is 0 Å². The molecule has 2 N–H and O–H groups in total. The first-order valence-electron chi connectivity index (χ1n) is 12.5. The first-order chi connectivity index (χ1) is 18.4. The Labute approximate surface area is 219 Å². The summed E-state index contributed by atoms with van der Waals surface area (Å²) < 4.78 is 45.0. The van der Waals surface area contributed by atoms with Gasteiger partial charge in [-0.25, -0.2) is 13.2 Å². The Kier molecular flexibility index (Phi) is 7.50. The Morgan fingerprint density at radius 3 is 2.63 bits per heavy atom. The van der Waals surface area contributed by atoms with Gasteiger partial charge in [-0.1, -0.05) is 37.3 Å². The number of benzene rings is 2. The Morgan fingerprint density at radius 2 is 1.89 bits per heavy atom. The van der Waals surface area contributed by atoms with Gasteiger partial charge in [0.15, 0.2) is 5.75 Å². The Balaban J connectivity index is 1.43. The highest BCUT2D eigenvalue weighted by atomic mass is 32.2. The molecule has 1 aliphatic rings. The number of hydrogen-bond donors (Lipinski definition) is 2. The number of carbonyl (C=O) groups is 1. The number of sulfonamides is 1. The molecule has 4 aromatic rings. The zero-order valence-corrected chi connectivity index (χ0v) is 21.8. The van der Waals surface area contributed by atoms with Crippen LogP contribution in [0.4, 0.5) is 4.79 Å². The summed E-state index contributed by atoms with van der Waals surface area (Å²) in [5.74, 6) is 0.0834. The molecule has 5 rings (SSSR count). The molecule has 200 valence electrons. The molecule has 1 aliphatic carbocycles. The summed E-state index contributed by atoms with van der Waals surface area (Å²) in [4.78, 5) is 30.3. The van der Waals surface area contributed by atoms with Gasteiger partial charge in [0.05, 0.1) is 30.1 Å². The van der Waals surface area contributed by atoms with Crippen LogP contribution in [-0.2, 0) is 26.1 Å². The third-order valence-corrected chi connectivity index (χ3v) is 8.27. The van der Waals surface area contributed by atoms with Crippen molar-refractivity contribution in [2.45, 2.75) is 43.7 Å². The minimum atomic E-state index is -3.87. The van der Waals surface area contributed by atoms with Crippen molar-refractivity contribution in [2.75, 3.05) is 19.8 Å². The number of hydrogen-bond acceptors (Lipinski definition) is 7. The van der Waals surface area contributed by atoms with E-state index in [1.54, 1.807) is 6.07 Å². The number of nitrogens with zero attached hydrogens (tertiary/aromatic N) is 1. The topological polar surface area (TPSA) is 131 Å². The number of ether oxygens (including phenoxy) is 3. The lowest BCUT2D eigenvalue weighted by atomic mass is 10.1. The van der Waals surface area contributed by atoms with Crippen molar-refractivity contribution < 1.29 is 27.4 Å². The summed E-state index contributed by atoms with van der Waals surface area (Å²) in [5, 5.41) is 0.731. The first kappa shape index (κ1) is 26.0. The predicted molar refractivity (Wildman–Crippen MR) is 142 cm³/mol. The monoisotopic (exact) mass is 539 g/mol. The van der Waals surface area contributed by atoms with E-state index in [9.17, 15) is 18.0 Å². The average molecular weight is 540 g/mol. The van der Waals surface area contributed by atoms with E-state index >= 15 is 0 Å². The van der Waals surface area contributed by atoms with Gasteiger partial charge in [-0.2, -0.15) is 4.31 Å². The van der Waals surface area contributed by atoms with Gasteiger partial charge in [0.1, 0.15) is 5.52 Å². The minimum Gasteiger partial charge on any atom is -0.434 e. The highest BCUT2D eigenvalue weighted by Gasteiger charge is 2.38. The van der Waals surface area contributed by atoms with Crippen LogP contribution in [0.1, 0.15) is 31.7 Å². The van der Waals surface area contributed by atoms with E-state index in [1.807, 2.05) is 37.3 Å². The van der Waals surface area contributed by atoms with Gasteiger partial charge >= 0.3 is 6.16 Å². The molecule has 2 aromatic heterocycles. The molecule has 0 aliphatic heterocycles. The molecule has 1 saturated carbocycles. The summed E-state index contributed by atoms with van der Waals surface area (Å²) in [7, 11) is -3.87. The van der Waals surface area contributed by atoms with Crippen LogP contribution in [0.2, 0.25) is 0 Å². The number of nitrogens with one attached hydrogen (secondary N) is 2. The second-order valence-electron chi connectivity index (χ2n) is 9.15. The van der Waals surface area contributed by atoms with Gasteiger partial charge in [0.2, 0.25) is 10.0 Å². The maximum absolute atomic E-state index is 13.7. The lowest BCUT2D eigenvalue weighted by Gasteiger charge is -2.22. The van der Waals surface area contributed by atoms with Crippen molar-refractivity contribution in [3.8, 4) is 5.75 Å². The summed E-state index contributed by atoms with van der Waals surface area (Å²) >= 11 is 0. The molecule has 2 heterocycles. The number of carbonyl (C=O) groups excluding carboxylic acids is 1. The first-order valence-corrected chi connectivity index (χ1v) is 14.0.